The van der Waals surface area contributed by atoms with Crippen molar-refractivity contribution in [1.29, 1.82) is 0 Å². The van der Waals surface area contributed by atoms with Gasteiger partial charge in [-0.05, 0) is 47.7 Å². The second-order valence-corrected chi connectivity index (χ2v) is 5.88. The quantitative estimate of drug-likeness (QED) is 0.755. The van der Waals surface area contributed by atoms with Gasteiger partial charge in [0.1, 0.15) is 5.75 Å². The monoisotopic (exact) mass is 272 g/mol. The molecule has 2 aromatic rings. The number of phenolic OH excluding ortho intramolecular Hbond substituents is 1. The maximum Gasteiger partial charge on any atom is 0.115 e. The van der Waals surface area contributed by atoms with E-state index in [0.29, 0.717) is 11.7 Å². The topological polar surface area (TPSA) is 20.2 Å². The molecule has 0 aliphatic carbocycles. The molecule has 0 spiro atoms. The molecule has 0 bridgehead atoms. The van der Waals surface area contributed by atoms with E-state index in [4.69, 9.17) is 0 Å². The first-order valence-electron chi connectivity index (χ1n) is 6.69. The molecular formula is C17H20OS. The highest BCUT2D eigenvalue weighted by Gasteiger charge is 2.02. The van der Waals surface area contributed by atoms with Crippen LogP contribution in [-0.2, 0) is 5.75 Å². The normalized spacial score (nSPS) is 12.3. The molecule has 2 rings (SSSR count). The van der Waals surface area contributed by atoms with Crippen LogP contribution in [0.3, 0.4) is 0 Å². The Morgan fingerprint density at radius 3 is 2.21 bits per heavy atom. The zero-order valence-electron chi connectivity index (χ0n) is 11.5. The Kier molecular flexibility index (Phi) is 4.92. The standard InChI is InChI=1S/C17H20OS/c1-3-13(2)15-6-4-14(5-7-15)12-19-17-10-8-16(18)9-11-17/h4-11,13,18H,3,12H2,1-2H3. The fourth-order valence-electron chi connectivity index (χ4n) is 1.89. The minimum absolute atomic E-state index is 0.322. The summed E-state index contributed by atoms with van der Waals surface area (Å²) in [4.78, 5) is 1.18. The summed E-state index contributed by atoms with van der Waals surface area (Å²) in [6.45, 7) is 4.49. The molecule has 2 heteroatoms. The van der Waals surface area contributed by atoms with Crippen molar-refractivity contribution in [3.8, 4) is 5.75 Å². The predicted molar refractivity (Wildman–Crippen MR) is 82.8 cm³/mol. The lowest BCUT2D eigenvalue weighted by Crippen LogP contribution is -1.91. The van der Waals surface area contributed by atoms with Gasteiger partial charge in [0.05, 0.1) is 0 Å². The van der Waals surface area contributed by atoms with Crippen molar-refractivity contribution in [2.45, 2.75) is 36.8 Å². The average molecular weight is 272 g/mol. The maximum absolute atomic E-state index is 9.24. The molecule has 0 heterocycles. The molecule has 1 N–H and O–H groups in total. The van der Waals surface area contributed by atoms with Crippen molar-refractivity contribution in [2.24, 2.45) is 0 Å². The van der Waals surface area contributed by atoms with Crippen molar-refractivity contribution in [2.75, 3.05) is 0 Å². The Balaban J connectivity index is 1.94. The van der Waals surface area contributed by atoms with E-state index in [1.165, 1.54) is 22.4 Å². The van der Waals surface area contributed by atoms with E-state index in [1.807, 2.05) is 12.1 Å². The Hall–Kier alpha value is -1.41. The van der Waals surface area contributed by atoms with Gasteiger partial charge in [-0.3, -0.25) is 0 Å². The van der Waals surface area contributed by atoms with Crippen LogP contribution >= 0.6 is 11.8 Å². The highest BCUT2D eigenvalue weighted by molar-refractivity contribution is 7.98. The minimum atomic E-state index is 0.322. The van der Waals surface area contributed by atoms with E-state index in [-0.39, 0.29) is 0 Å². The first-order valence-corrected chi connectivity index (χ1v) is 7.68. The third-order valence-electron chi connectivity index (χ3n) is 3.40. The maximum atomic E-state index is 9.24. The molecule has 1 unspecified atom stereocenters. The summed E-state index contributed by atoms with van der Waals surface area (Å²) in [5.41, 5.74) is 2.76. The SMILES string of the molecule is CCC(C)c1ccc(CSc2ccc(O)cc2)cc1. The lowest BCUT2D eigenvalue weighted by Gasteiger charge is -2.09. The van der Waals surface area contributed by atoms with E-state index in [2.05, 4.69) is 38.1 Å². The molecule has 1 nitrogen and oxygen atoms in total. The van der Waals surface area contributed by atoms with Crippen molar-refractivity contribution >= 4 is 11.8 Å². The second-order valence-electron chi connectivity index (χ2n) is 4.83. The fourth-order valence-corrected chi connectivity index (χ4v) is 2.74. The highest BCUT2D eigenvalue weighted by atomic mass is 32.2. The van der Waals surface area contributed by atoms with Gasteiger partial charge in [-0.15, -0.1) is 11.8 Å². The fraction of sp³-hybridized carbons (Fsp3) is 0.294. The summed E-state index contributed by atoms with van der Waals surface area (Å²) in [7, 11) is 0. The van der Waals surface area contributed by atoms with Crippen molar-refractivity contribution < 1.29 is 5.11 Å². The summed E-state index contributed by atoms with van der Waals surface area (Å²) in [5.74, 6) is 1.92. The molecule has 0 aromatic heterocycles. The average Bonchev–Trinajstić information content (AvgIpc) is 2.46. The molecule has 2 aromatic carbocycles. The number of aromatic hydroxyl groups is 1. The van der Waals surface area contributed by atoms with Crippen LogP contribution in [-0.4, -0.2) is 5.11 Å². The van der Waals surface area contributed by atoms with Crippen LogP contribution in [0.15, 0.2) is 53.4 Å². The summed E-state index contributed by atoms with van der Waals surface area (Å²) in [5, 5.41) is 9.24. The molecular weight excluding hydrogens is 252 g/mol. The van der Waals surface area contributed by atoms with Crippen LogP contribution in [0.2, 0.25) is 0 Å². The molecule has 0 saturated heterocycles. The number of hydrogen-bond acceptors (Lipinski definition) is 2. The van der Waals surface area contributed by atoms with Gasteiger partial charge in [-0.1, -0.05) is 38.1 Å². The highest BCUT2D eigenvalue weighted by Crippen LogP contribution is 2.25. The van der Waals surface area contributed by atoms with E-state index >= 15 is 0 Å². The first kappa shape index (κ1) is 14.0. The van der Waals surface area contributed by atoms with E-state index in [0.717, 1.165) is 5.75 Å². The smallest absolute Gasteiger partial charge is 0.115 e. The molecule has 0 fully saturated rings. The molecule has 19 heavy (non-hydrogen) atoms. The lowest BCUT2D eigenvalue weighted by atomic mass is 9.98. The number of phenols is 1. The first-order chi connectivity index (χ1) is 9.19. The second kappa shape index (κ2) is 6.67. The van der Waals surface area contributed by atoms with E-state index < -0.39 is 0 Å². The Morgan fingerprint density at radius 1 is 1.00 bits per heavy atom. The Bertz CT molecular complexity index is 502. The number of benzene rings is 2. The summed E-state index contributed by atoms with van der Waals surface area (Å²) in [6, 6.07) is 16.3. The Labute approximate surface area is 119 Å². The number of thioether (sulfide) groups is 1. The van der Waals surface area contributed by atoms with Crippen LogP contribution in [0.5, 0.6) is 5.75 Å². The molecule has 0 aliphatic heterocycles. The van der Waals surface area contributed by atoms with Gasteiger partial charge in [-0.2, -0.15) is 0 Å². The lowest BCUT2D eigenvalue weighted by molar-refractivity contribution is 0.475. The molecule has 0 aliphatic rings. The Morgan fingerprint density at radius 2 is 1.63 bits per heavy atom. The van der Waals surface area contributed by atoms with Crippen molar-refractivity contribution in [3.05, 3.63) is 59.7 Å². The zero-order valence-corrected chi connectivity index (χ0v) is 12.3. The largest absolute Gasteiger partial charge is 0.508 e. The van der Waals surface area contributed by atoms with Crippen LogP contribution in [0, 0.1) is 0 Å². The predicted octanol–water partition coefficient (Wildman–Crippen LogP) is 5.20. The molecule has 0 radical (unpaired) electrons. The number of rotatable bonds is 5. The van der Waals surface area contributed by atoms with Crippen LogP contribution < -0.4 is 0 Å². The molecule has 0 saturated carbocycles. The van der Waals surface area contributed by atoms with Crippen LogP contribution in [0.4, 0.5) is 0 Å². The van der Waals surface area contributed by atoms with Gasteiger partial charge in [0, 0.05) is 10.6 Å². The van der Waals surface area contributed by atoms with E-state index in [9.17, 15) is 5.11 Å². The molecule has 1 atom stereocenters. The number of hydrogen-bond donors (Lipinski definition) is 1. The molecule has 100 valence electrons. The van der Waals surface area contributed by atoms with Gasteiger partial charge >= 0.3 is 0 Å². The minimum Gasteiger partial charge on any atom is -0.508 e. The van der Waals surface area contributed by atoms with Gasteiger partial charge in [-0.25, -0.2) is 0 Å². The van der Waals surface area contributed by atoms with Crippen LogP contribution in [0.25, 0.3) is 0 Å². The van der Waals surface area contributed by atoms with E-state index in [1.54, 1.807) is 23.9 Å². The summed E-state index contributed by atoms with van der Waals surface area (Å²) >= 11 is 1.79. The third-order valence-corrected chi connectivity index (χ3v) is 4.49. The zero-order chi connectivity index (χ0) is 13.7. The summed E-state index contributed by atoms with van der Waals surface area (Å²) in [6.07, 6.45) is 1.18. The van der Waals surface area contributed by atoms with Crippen LogP contribution in [0.1, 0.15) is 37.3 Å². The summed E-state index contributed by atoms with van der Waals surface area (Å²) < 4.78 is 0. The van der Waals surface area contributed by atoms with Crippen molar-refractivity contribution in [3.63, 3.8) is 0 Å². The van der Waals surface area contributed by atoms with Gasteiger partial charge in [0.2, 0.25) is 0 Å². The molecule has 0 amide bonds. The third kappa shape index (κ3) is 4.03. The van der Waals surface area contributed by atoms with Crippen molar-refractivity contribution in [1.82, 2.24) is 0 Å². The van der Waals surface area contributed by atoms with Gasteiger partial charge in [0.15, 0.2) is 0 Å². The van der Waals surface area contributed by atoms with Gasteiger partial charge < -0.3 is 5.11 Å². The van der Waals surface area contributed by atoms with Gasteiger partial charge in [0.25, 0.3) is 0 Å².